The van der Waals surface area contributed by atoms with E-state index in [-0.39, 0.29) is 30.0 Å². The van der Waals surface area contributed by atoms with Crippen LogP contribution in [0, 0.1) is 19.7 Å². The Morgan fingerprint density at radius 1 is 1.21 bits per heavy atom. The van der Waals surface area contributed by atoms with E-state index >= 15 is 0 Å². The van der Waals surface area contributed by atoms with Crippen molar-refractivity contribution in [2.75, 3.05) is 5.32 Å². The lowest BCUT2D eigenvalue weighted by molar-refractivity contribution is -0.116. The second-order valence-corrected chi connectivity index (χ2v) is 6.73. The molecule has 1 N–H and O–H groups in total. The van der Waals surface area contributed by atoms with Gasteiger partial charge in [-0.3, -0.25) is 4.79 Å². The molecule has 4 rings (SSSR count). The van der Waals surface area contributed by atoms with Crippen LogP contribution in [0.2, 0.25) is 0 Å². The summed E-state index contributed by atoms with van der Waals surface area (Å²) in [7, 11) is 0. The van der Waals surface area contributed by atoms with Crippen LogP contribution in [0.3, 0.4) is 0 Å². The van der Waals surface area contributed by atoms with Crippen LogP contribution in [-0.4, -0.2) is 25.6 Å². The molecule has 0 radical (unpaired) electrons. The summed E-state index contributed by atoms with van der Waals surface area (Å²) in [5, 5.41) is 6.80. The summed E-state index contributed by atoms with van der Waals surface area (Å²) in [6, 6.07) is 11.8. The van der Waals surface area contributed by atoms with Crippen molar-refractivity contribution in [2.45, 2.75) is 20.4 Å². The lowest BCUT2D eigenvalue weighted by Crippen LogP contribution is -2.18. The molecule has 0 atom stereocenters. The van der Waals surface area contributed by atoms with Gasteiger partial charge in [-0.2, -0.15) is 4.98 Å². The van der Waals surface area contributed by atoms with Gasteiger partial charge < -0.3 is 14.4 Å². The molecule has 1 amide bonds. The highest BCUT2D eigenvalue weighted by Gasteiger charge is 2.14. The molecule has 0 saturated heterocycles. The molecule has 7 nitrogen and oxygen atoms in total. The number of aryl methyl sites for hydroxylation is 2. The highest BCUT2D eigenvalue weighted by Crippen LogP contribution is 2.22. The van der Waals surface area contributed by atoms with Gasteiger partial charge in [-0.1, -0.05) is 23.4 Å². The van der Waals surface area contributed by atoms with Gasteiger partial charge in [0.05, 0.1) is 6.33 Å². The molecule has 4 aromatic rings. The third kappa shape index (κ3) is 4.21. The highest BCUT2D eigenvalue weighted by molar-refractivity contribution is 5.91. The molecule has 0 saturated carbocycles. The first kappa shape index (κ1) is 18.5. The van der Waals surface area contributed by atoms with Crippen molar-refractivity contribution in [3.05, 3.63) is 71.9 Å². The number of carbonyl (C=O) groups excluding carboxylic acids is 1. The summed E-state index contributed by atoms with van der Waals surface area (Å²) in [6.07, 6.45) is 3.18. The minimum absolute atomic E-state index is 0.0922. The van der Waals surface area contributed by atoms with Gasteiger partial charge in [-0.15, -0.1) is 0 Å². The van der Waals surface area contributed by atoms with Crippen LogP contribution < -0.4 is 5.32 Å². The fraction of sp³-hybridized carbons (Fsp3) is 0.143. The molecule has 0 aliphatic carbocycles. The van der Waals surface area contributed by atoms with Gasteiger partial charge in [-0.25, -0.2) is 9.37 Å². The number of halogens is 1. The molecular weight excluding hydrogens is 373 g/mol. The van der Waals surface area contributed by atoms with Crippen LogP contribution in [0.15, 0.2) is 59.5 Å². The summed E-state index contributed by atoms with van der Waals surface area (Å²) in [5.41, 5.74) is 3.79. The fourth-order valence-electron chi connectivity index (χ4n) is 2.85. The maximum atomic E-state index is 13.4. The van der Waals surface area contributed by atoms with Crippen molar-refractivity contribution in [3.8, 4) is 23.0 Å². The van der Waals surface area contributed by atoms with Crippen LogP contribution in [0.1, 0.15) is 11.1 Å². The third-order valence-electron chi connectivity index (χ3n) is 4.35. The molecule has 0 aliphatic heterocycles. The average molecular weight is 391 g/mol. The quantitative estimate of drug-likeness (QED) is 0.556. The second kappa shape index (κ2) is 7.67. The van der Waals surface area contributed by atoms with E-state index in [1.807, 2.05) is 32.0 Å². The SMILES string of the molecule is Cc1ccc(C)c(NC(=O)Cn2cnc(-c3noc(-c4cccc(F)c4)n3)c2)c1. The topological polar surface area (TPSA) is 85.8 Å². The predicted octanol–water partition coefficient (Wildman–Crippen LogP) is 3.99. The normalized spacial score (nSPS) is 10.9. The summed E-state index contributed by atoms with van der Waals surface area (Å²) in [5.74, 6) is -0.0998. The molecule has 0 unspecified atom stereocenters. The van der Waals surface area contributed by atoms with Gasteiger partial charge in [0.2, 0.25) is 11.7 Å². The number of imidazole rings is 1. The first-order chi connectivity index (χ1) is 14.0. The Hall–Kier alpha value is -3.81. The zero-order chi connectivity index (χ0) is 20.4. The maximum Gasteiger partial charge on any atom is 0.258 e. The van der Waals surface area contributed by atoms with Crippen molar-refractivity contribution in [1.82, 2.24) is 19.7 Å². The number of rotatable bonds is 5. The standard InChI is InChI=1S/C21H18FN5O2/c1-13-6-7-14(2)17(8-13)24-19(28)11-27-10-18(23-12-27)20-25-21(29-26-20)15-4-3-5-16(22)9-15/h3-10,12H,11H2,1-2H3,(H,24,28). The highest BCUT2D eigenvalue weighted by atomic mass is 19.1. The van der Waals surface area contributed by atoms with Crippen molar-refractivity contribution in [1.29, 1.82) is 0 Å². The number of amides is 1. The van der Waals surface area contributed by atoms with Gasteiger partial charge in [0.25, 0.3) is 5.89 Å². The van der Waals surface area contributed by atoms with Crippen LogP contribution in [-0.2, 0) is 11.3 Å². The number of aromatic nitrogens is 4. The van der Waals surface area contributed by atoms with E-state index in [9.17, 15) is 9.18 Å². The second-order valence-electron chi connectivity index (χ2n) is 6.73. The summed E-state index contributed by atoms with van der Waals surface area (Å²) >= 11 is 0. The van der Waals surface area contributed by atoms with E-state index < -0.39 is 0 Å². The molecule has 0 aliphatic rings. The zero-order valence-electron chi connectivity index (χ0n) is 15.9. The fourth-order valence-corrected chi connectivity index (χ4v) is 2.85. The maximum absolute atomic E-state index is 13.4. The molecule has 0 fully saturated rings. The van der Waals surface area contributed by atoms with Gasteiger partial charge in [0, 0.05) is 17.4 Å². The Bertz CT molecular complexity index is 1180. The van der Waals surface area contributed by atoms with Crippen molar-refractivity contribution in [3.63, 3.8) is 0 Å². The predicted molar refractivity (Wildman–Crippen MR) is 105 cm³/mol. The van der Waals surface area contributed by atoms with E-state index in [0.29, 0.717) is 11.3 Å². The number of carbonyl (C=O) groups is 1. The number of hydrogen-bond acceptors (Lipinski definition) is 5. The first-order valence-corrected chi connectivity index (χ1v) is 8.97. The Kier molecular flexibility index (Phi) is 4.90. The monoisotopic (exact) mass is 391 g/mol. The molecule has 146 valence electrons. The minimum Gasteiger partial charge on any atom is -0.334 e. The number of nitrogens with zero attached hydrogens (tertiary/aromatic N) is 4. The van der Waals surface area contributed by atoms with Crippen molar-refractivity contribution in [2.24, 2.45) is 0 Å². The third-order valence-corrected chi connectivity index (χ3v) is 4.35. The van der Waals surface area contributed by atoms with Crippen LogP contribution in [0.25, 0.3) is 23.0 Å². The van der Waals surface area contributed by atoms with Gasteiger partial charge in [-0.05, 0) is 49.2 Å². The van der Waals surface area contributed by atoms with E-state index in [1.54, 1.807) is 22.9 Å². The number of anilines is 1. The van der Waals surface area contributed by atoms with Crippen LogP contribution in [0.5, 0.6) is 0 Å². The van der Waals surface area contributed by atoms with Crippen LogP contribution in [0.4, 0.5) is 10.1 Å². The van der Waals surface area contributed by atoms with Gasteiger partial charge >= 0.3 is 0 Å². The number of benzene rings is 2. The lowest BCUT2D eigenvalue weighted by atomic mass is 10.1. The Morgan fingerprint density at radius 2 is 2.07 bits per heavy atom. The van der Waals surface area contributed by atoms with Crippen molar-refractivity contribution >= 4 is 11.6 Å². The van der Waals surface area contributed by atoms with E-state index in [1.165, 1.54) is 18.5 Å². The Balaban J connectivity index is 1.46. The van der Waals surface area contributed by atoms with E-state index in [0.717, 1.165) is 16.8 Å². The number of nitrogens with one attached hydrogen (secondary N) is 1. The largest absolute Gasteiger partial charge is 0.334 e. The zero-order valence-corrected chi connectivity index (χ0v) is 15.9. The number of hydrogen-bond donors (Lipinski definition) is 1. The van der Waals surface area contributed by atoms with Gasteiger partial charge in [0.1, 0.15) is 18.1 Å². The minimum atomic E-state index is -0.388. The Labute approximate surface area is 166 Å². The molecule has 8 heteroatoms. The van der Waals surface area contributed by atoms with Crippen molar-refractivity contribution < 1.29 is 13.7 Å². The average Bonchev–Trinajstić information content (AvgIpc) is 3.34. The summed E-state index contributed by atoms with van der Waals surface area (Å²) in [4.78, 5) is 20.8. The summed E-state index contributed by atoms with van der Waals surface area (Å²) < 4.78 is 20.2. The molecular formula is C21H18FN5O2. The van der Waals surface area contributed by atoms with E-state index in [4.69, 9.17) is 4.52 Å². The molecule has 2 heterocycles. The van der Waals surface area contributed by atoms with Crippen LogP contribution >= 0.6 is 0 Å². The molecule has 0 spiro atoms. The smallest absolute Gasteiger partial charge is 0.258 e. The molecule has 2 aromatic carbocycles. The molecule has 29 heavy (non-hydrogen) atoms. The molecule has 2 aromatic heterocycles. The van der Waals surface area contributed by atoms with E-state index in [2.05, 4.69) is 20.4 Å². The molecule has 0 bridgehead atoms. The lowest BCUT2D eigenvalue weighted by Gasteiger charge is -2.09. The first-order valence-electron chi connectivity index (χ1n) is 8.97. The summed E-state index contributed by atoms with van der Waals surface area (Å²) in [6.45, 7) is 4.01. The van der Waals surface area contributed by atoms with Gasteiger partial charge in [0.15, 0.2) is 0 Å². The Morgan fingerprint density at radius 3 is 2.90 bits per heavy atom.